The average molecular weight is 498 g/mol. The zero-order valence-corrected chi connectivity index (χ0v) is 21.2. The molecule has 4 rings (SSSR count). The Morgan fingerprint density at radius 2 is 1.74 bits per heavy atom. The van der Waals surface area contributed by atoms with Gasteiger partial charge in [0.2, 0.25) is 10.0 Å². The Morgan fingerprint density at radius 3 is 2.43 bits per heavy atom. The zero-order chi connectivity index (χ0) is 25.2. The molecule has 0 fully saturated rings. The molecule has 0 aliphatic heterocycles. The Morgan fingerprint density at radius 1 is 1.06 bits per heavy atom. The van der Waals surface area contributed by atoms with Gasteiger partial charge in [-0.05, 0) is 75.8 Å². The van der Waals surface area contributed by atoms with Gasteiger partial charge in [0.15, 0.2) is 0 Å². The molecule has 1 atom stereocenters. The van der Waals surface area contributed by atoms with Crippen LogP contribution >= 0.6 is 0 Å². The predicted molar refractivity (Wildman–Crippen MR) is 134 cm³/mol. The highest BCUT2D eigenvalue weighted by Gasteiger charge is 2.28. The van der Waals surface area contributed by atoms with Crippen LogP contribution in [0.5, 0.6) is 5.75 Å². The van der Waals surface area contributed by atoms with Gasteiger partial charge >= 0.3 is 11.6 Å². The van der Waals surface area contributed by atoms with Crippen molar-refractivity contribution in [1.29, 1.82) is 0 Å². The maximum absolute atomic E-state index is 13.1. The molecule has 2 aromatic carbocycles. The standard InChI is InChI=1S/C27H31NO6S/c1-4-5-10-23(28-35(31,32)19-13-11-17(2)12-14-19)27(30)33-24-16-15-21-20-8-6-7-9-22(20)26(29)34-25(21)18(24)3/h11-16,23,28H,4-10H2,1-3H3. The van der Waals surface area contributed by atoms with Crippen molar-refractivity contribution in [2.75, 3.05) is 0 Å². The summed E-state index contributed by atoms with van der Waals surface area (Å²) < 4.78 is 39.7. The molecule has 0 radical (unpaired) electrons. The first-order chi connectivity index (χ1) is 16.7. The Hall–Kier alpha value is -2.97. The number of carbonyl (C=O) groups is 1. The minimum absolute atomic E-state index is 0.0887. The van der Waals surface area contributed by atoms with Crippen molar-refractivity contribution in [2.45, 2.75) is 76.7 Å². The van der Waals surface area contributed by atoms with Crippen LogP contribution in [0.15, 0.2) is 50.5 Å². The van der Waals surface area contributed by atoms with Crippen molar-refractivity contribution >= 4 is 27.0 Å². The SMILES string of the molecule is CCCCC(NS(=O)(=O)c1ccc(C)cc1)C(=O)Oc1ccc2c3c(c(=O)oc2c1C)CCCC3. The molecule has 3 aromatic rings. The van der Waals surface area contributed by atoms with E-state index < -0.39 is 22.0 Å². The Balaban J connectivity index is 1.62. The number of hydrogen-bond donors (Lipinski definition) is 1. The van der Waals surface area contributed by atoms with Crippen LogP contribution in [-0.2, 0) is 27.7 Å². The van der Waals surface area contributed by atoms with Crippen LogP contribution in [0.3, 0.4) is 0 Å². The molecule has 35 heavy (non-hydrogen) atoms. The van der Waals surface area contributed by atoms with E-state index in [1.54, 1.807) is 25.1 Å². The molecule has 1 aromatic heterocycles. The molecule has 0 saturated heterocycles. The molecule has 0 amide bonds. The number of esters is 1. The predicted octanol–water partition coefficient (Wildman–Crippen LogP) is 4.73. The third-order valence-electron chi connectivity index (χ3n) is 6.56. The van der Waals surface area contributed by atoms with E-state index in [4.69, 9.17) is 9.15 Å². The minimum atomic E-state index is -3.92. The van der Waals surface area contributed by atoms with Gasteiger partial charge in [0.1, 0.15) is 17.4 Å². The summed E-state index contributed by atoms with van der Waals surface area (Å²) >= 11 is 0. The average Bonchev–Trinajstić information content (AvgIpc) is 2.84. The van der Waals surface area contributed by atoms with Gasteiger partial charge in [-0.3, -0.25) is 0 Å². The van der Waals surface area contributed by atoms with E-state index in [1.165, 1.54) is 12.1 Å². The van der Waals surface area contributed by atoms with Gasteiger partial charge < -0.3 is 9.15 Å². The number of ether oxygens (including phenoxy) is 1. The van der Waals surface area contributed by atoms with Gasteiger partial charge in [-0.15, -0.1) is 0 Å². The van der Waals surface area contributed by atoms with Crippen molar-refractivity contribution in [3.8, 4) is 5.75 Å². The van der Waals surface area contributed by atoms with E-state index in [9.17, 15) is 18.0 Å². The lowest BCUT2D eigenvalue weighted by Crippen LogP contribution is -2.43. The van der Waals surface area contributed by atoms with Crippen LogP contribution < -0.4 is 15.1 Å². The van der Waals surface area contributed by atoms with E-state index >= 15 is 0 Å². The lowest BCUT2D eigenvalue weighted by atomic mass is 9.90. The van der Waals surface area contributed by atoms with E-state index in [0.717, 1.165) is 47.8 Å². The van der Waals surface area contributed by atoms with E-state index in [0.29, 0.717) is 30.4 Å². The molecule has 1 aliphatic rings. The molecular weight excluding hydrogens is 466 g/mol. The number of rotatable bonds is 8. The zero-order valence-electron chi connectivity index (χ0n) is 20.3. The van der Waals surface area contributed by atoms with Crippen molar-refractivity contribution in [3.63, 3.8) is 0 Å². The second-order valence-corrected chi connectivity index (χ2v) is 10.9. The maximum atomic E-state index is 13.1. The first-order valence-electron chi connectivity index (χ1n) is 12.1. The highest BCUT2D eigenvalue weighted by molar-refractivity contribution is 7.89. The minimum Gasteiger partial charge on any atom is -0.425 e. The van der Waals surface area contributed by atoms with Crippen molar-refractivity contribution in [1.82, 2.24) is 4.72 Å². The molecule has 0 bridgehead atoms. The summed E-state index contributed by atoms with van der Waals surface area (Å²) in [7, 11) is -3.92. The van der Waals surface area contributed by atoms with Crippen LogP contribution in [0.25, 0.3) is 11.0 Å². The Bertz CT molecular complexity index is 1410. The van der Waals surface area contributed by atoms with Crippen molar-refractivity contribution in [3.05, 3.63) is 69.1 Å². The molecule has 1 aliphatic carbocycles. The summed E-state index contributed by atoms with van der Waals surface area (Å²) in [6.07, 6.45) is 5.25. The first kappa shape index (κ1) is 25.1. The highest BCUT2D eigenvalue weighted by atomic mass is 32.2. The number of benzene rings is 2. The smallest absolute Gasteiger partial charge is 0.339 e. The summed E-state index contributed by atoms with van der Waals surface area (Å²) in [4.78, 5) is 25.8. The molecular formula is C27H31NO6S. The summed E-state index contributed by atoms with van der Waals surface area (Å²) in [5.74, 6) is -0.450. The van der Waals surface area contributed by atoms with Crippen LogP contribution in [-0.4, -0.2) is 20.4 Å². The van der Waals surface area contributed by atoms with Crippen LogP contribution in [0.1, 0.15) is 61.3 Å². The second-order valence-electron chi connectivity index (χ2n) is 9.17. The van der Waals surface area contributed by atoms with E-state index in [-0.39, 0.29) is 16.3 Å². The molecule has 0 spiro atoms. The number of aryl methyl sites for hydroxylation is 3. The maximum Gasteiger partial charge on any atom is 0.339 e. The van der Waals surface area contributed by atoms with Gasteiger partial charge in [-0.2, -0.15) is 4.72 Å². The van der Waals surface area contributed by atoms with Crippen LogP contribution in [0.2, 0.25) is 0 Å². The topological polar surface area (TPSA) is 103 Å². The summed E-state index contributed by atoms with van der Waals surface area (Å²) in [5, 5.41) is 0.860. The molecule has 186 valence electrons. The summed E-state index contributed by atoms with van der Waals surface area (Å²) in [5.41, 5.74) is 3.28. The number of sulfonamides is 1. The Kier molecular flexibility index (Phi) is 7.42. The third kappa shape index (κ3) is 5.33. The number of carbonyl (C=O) groups excluding carboxylic acids is 1. The molecule has 8 heteroatoms. The van der Waals surface area contributed by atoms with Gasteiger partial charge in [0.05, 0.1) is 4.90 Å². The third-order valence-corrected chi connectivity index (χ3v) is 8.05. The summed E-state index contributed by atoms with van der Waals surface area (Å²) in [6.45, 7) is 5.57. The van der Waals surface area contributed by atoms with Crippen molar-refractivity contribution in [2.24, 2.45) is 0 Å². The molecule has 1 heterocycles. The van der Waals surface area contributed by atoms with Gasteiger partial charge in [0.25, 0.3) is 0 Å². The van der Waals surface area contributed by atoms with E-state index in [2.05, 4.69) is 4.72 Å². The van der Waals surface area contributed by atoms with Crippen molar-refractivity contribution < 1.29 is 22.4 Å². The van der Waals surface area contributed by atoms with Crippen LogP contribution in [0, 0.1) is 13.8 Å². The fourth-order valence-electron chi connectivity index (χ4n) is 4.52. The molecule has 0 saturated carbocycles. The number of unbranched alkanes of at least 4 members (excludes halogenated alkanes) is 1. The summed E-state index contributed by atoms with van der Waals surface area (Å²) in [6, 6.07) is 8.89. The monoisotopic (exact) mass is 497 g/mol. The normalized spacial score (nSPS) is 14.5. The lowest BCUT2D eigenvalue weighted by Gasteiger charge is -2.20. The second kappa shape index (κ2) is 10.3. The number of hydrogen-bond acceptors (Lipinski definition) is 6. The van der Waals surface area contributed by atoms with Gasteiger partial charge in [-0.1, -0.05) is 37.5 Å². The van der Waals surface area contributed by atoms with Gasteiger partial charge in [-0.25, -0.2) is 18.0 Å². The van der Waals surface area contributed by atoms with Gasteiger partial charge in [0, 0.05) is 16.5 Å². The first-order valence-corrected chi connectivity index (χ1v) is 13.6. The largest absolute Gasteiger partial charge is 0.425 e. The lowest BCUT2D eigenvalue weighted by molar-refractivity contribution is -0.136. The molecule has 1 N–H and O–H groups in total. The number of nitrogens with one attached hydrogen (secondary N) is 1. The molecule has 1 unspecified atom stereocenters. The quantitative estimate of drug-likeness (QED) is 0.274. The Labute approximate surface area is 205 Å². The molecule has 7 nitrogen and oxygen atoms in total. The van der Waals surface area contributed by atoms with Crippen LogP contribution in [0.4, 0.5) is 0 Å². The fourth-order valence-corrected chi connectivity index (χ4v) is 5.74. The number of fused-ring (bicyclic) bond motifs is 3. The van der Waals surface area contributed by atoms with E-state index in [1.807, 2.05) is 19.9 Å². The highest BCUT2D eigenvalue weighted by Crippen LogP contribution is 2.32. The fraction of sp³-hybridized carbons (Fsp3) is 0.407.